The van der Waals surface area contributed by atoms with E-state index in [0.717, 1.165) is 61.1 Å². The molecule has 1 N–H and O–H groups in total. The van der Waals surface area contributed by atoms with Crippen LogP contribution in [0.2, 0.25) is 0 Å². The van der Waals surface area contributed by atoms with Crippen LogP contribution in [0.15, 0.2) is 59.5 Å². The van der Waals surface area contributed by atoms with Gasteiger partial charge in [0.2, 0.25) is 11.0 Å². The Morgan fingerprint density at radius 2 is 1.93 bits per heavy atom. The van der Waals surface area contributed by atoms with E-state index < -0.39 is 0 Å². The van der Waals surface area contributed by atoms with Gasteiger partial charge in [-0.15, -0.1) is 11.3 Å². The van der Waals surface area contributed by atoms with Crippen LogP contribution in [0.25, 0.3) is 11.3 Å². The SMILES string of the molecule is O=C(CCCCCCSC(=O)C1=CCCC=C1)Nc1nc(-c2ccccc2)cs1.[HH]. The summed E-state index contributed by atoms with van der Waals surface area (Å²) in [7, 11) is 0. The third-order valence-electron chi connectivity index (χ3n) is 4.58. The molecule has 0 aliphatic heterocycles. The Labute approximate surface area is 182 Å². The molecule has 4 nitrogen and oxygen atoms in total. The van der Waals surface area contributed by atoms with Gasteiger partial charge in [0.15, 0.2) is 5.13 Å². The molecule has 0 saturated heterocycles. The lowest BCUT2D eigenvalue weighted by Gasteiger charge is -2.05. The number of anilines is 1. The molecule has 0 atom stereocenters. The summed E-state index contributed by atoms with van der Waals surface area (Å²) in [6, 6.07) is 9.95. The van der Waals surface area contributed by atoms with Crippen molar-refractivity contribution >= 4 is 39.3 Å². The molecule has 154 valence electrons. The molecule has 2 aromatic rings. The predicted octanol–water partition coefficient (Wildman–Crippen LogP) is 6.48. The number of hydrogen-bond acceptors (Lipinski definition) is 5. The maximum atomic E-state index is 12.1. The van der Waals surface area contributed by atoms with Crippen molar-refractivity contribution in [1.82, 2.24) is 4.98 Å². The van der Waals surface area contributed by atoms with E-state index in [2.05, 4.69) is 16.4 Å². The van der Waals surface area contributed by atoms with Crippen molar-refractivity contribution in [3.05, 3.63) is 59.5 Å². The van der Waals surface area contributed by atoms with E-state index in [-0.39, 0.29) is 12.4 Å². The number of thioether (sulfide) groups is 1. The van der Waals surface area contributed by atoms with Gasteiger partial charge in [0.25, 0.3) is 0 Å². The molecule has 1 heterocycles. The zero-order valence-corrected chi connectivity index (χ0v) is 18.1. The number of carbonyl (C=O) groups excluding carboxylic acids is 2. The Morgan fingerprint density at radius 3 is 2.72 bits per heavy atom. The average Bonchev–Trinajstić information content (AvgIpc) is 3.22. The first-order valence-electron chi connectivity index (χ1n) is 10.1. The number of amides is 1. The molecular weight excluding hydrogens is 400 g/mol. The highest BCUT2D eigenvalue weighted by Gasteiger charge is 2.10. The van der Waals surface area contributed by atoms with Gasteiger partial charge in [-0.3, -0.25) is 9.59 Å². The van der Waals surface area contributed by atoms with Gasteiger partial charge in [-0.2, -0.15) is 0 Å². The molecule has 1 amide bonds. The van der Waals surface area contributed by atoms with Crippen LogP contribution < -0.4 is 5.32 Å². The maximum Gasteiger partial charge on any atom is 0.226 e. The molecule has 1 aliphatic carbocycles. The molecule has 1 aromatic heterocycles. The zero-order chi connectivity index (χ0) is 20.3. The number of rotatable bonds is 10. The number of nitrogens with zero attached hydrogens (tertiary/aromatic N) is 1. The van der Waals surface area contributed by atoms with Crippen LogP contribution in [0.5, 0.6) is 0 Å². The quantitative estimate of drug-likeness (QED) is 0.440. The van der Waals surface area contributed by atoms with Gasteiger partial charge in [-0.25, -0.2) is 4.98 Å². The molecular formula is C23H28N2O2S2. The van der Waals surface area contributed by atoms with Crippen molar-refractivity contribution in [2.24, 2.45) is 0 Å². The number of aromatic nitrogens is 1. The van der Waals surface area contributed by atoms with Gasteiger partial charge in [-0.1, -0.05) is 73.2 Å². The summed E-state index contributed by atoms with van der Waals surface area (Å²) in [5.41, 5.74) is 2.78. The monoisotopic (exact) mass is 428 g/mol. The lowest BCUT2D eigenvalue weighted by atomic mass is 10.1. The first kappa shape index (κ1) is 21.5. The van der Waals surface area contributed by atoms with E-state index in [1.165, 1.54) is 23.1 Å². The first-order valence-corrected chi connectivity index (χ1v) is 11.9. The Balaban J connectivity index is 0.00000320. The van der Waals surface area contributed by atoms with Crippen LogP contribution in [0.3, 0.4) is 0 Å². The standard InChI is InChI=1S/C23H26N2O2S2.H2/c26-21(25-23-24-20(17-29-23)18-11-5-3-6-12-18)15-9-1-2-10-16-28-22(27)19-13-7-4-8-14-19;/h3,5-7,11-14,17H,1-2,4,8-10,15-16H2,(H,24,25,26);1H. The average molecular weight is 429 g/mol. The van der Waals surface area contributed by atoms with Gasteiger partial charge in [0.05, 0.1) is 5.69 Å². The Kier molecular flexibility index (Phi) is 8.71. The van der Waals surface area contributed by atoms with Gasteiger partial charge in [0.1, 0.15) is 0 Å². The van der Waals surface area contributed by atoms with Crippen molar-refractivity contribution in [1.29, 1.82) is 0 Å². The molecule has 0 unspecified atom stereocenters. The van der Waals surface area contributed by atoms with Crippen LogP contribution >= 0.6 is 23.1 Å². The number of benzene rings is 1. The molecule has 0 fully saturated rings. The van der Waals surface area contributed by atoms with Crippen LogP contribution in [0.4, 0.5) is 5.13 Å². The lowest BCUT2D eigenvalue weighted by Crippen LogP contribution is -2.10. The van der Waals surface area contributed by atoms with Crippen molar-refractivity contribution in [2.75, 3.05) is 11.1 Å². The van der Waals surface area contributed by atoms with Gasteiger partial charge in [0, 0.05) is 30.1 Å². The van der Waals surface area contributed by atoms with Crippen molar-refractivity contribution in [3.8, 4) is 11.3 Å². The van der Waals surface area contributed by atoms with Gasteiger partial charge in [-0.05, 0) is 25.7 Å². The van der Waals surface area contributed by atoms with E-state index in [0.29, 0.717) is 11.6 Å². The maximum absolute atomic E-state index is 12.1. The summed E-state index contributed by atoms with van der Waals surface area (Å²) < 4.78 is 0. The molecule has 3 rings (SSSR count). The fourth-order valence-corrected chi connectivity index (χ4v) is 4.60. The largest absolute Gasteiger partial charge is 0.302 e. The summed E-state index contributed by atoms with van der Waals surface area (Å²) in [6.07, 6.45) is 12.4. The molecule has 1 aromatic carbocycles. The molecule has 6 heteroatoms. The topological polar surface area (TPSA) is 59.1 Å². The predicted molar refractivity (Wildman–Crippen MR) is 125 cm³/mol. The molecule has 0 spiro atoms. The van der Waals surface area contributed by atoms with Crippen molar-refractivity contribution < 1.29 is 11.0 Å². The molecule has 1 aliphatic rings. The number of thiazole rings is 1. The summed E-state index contributed by atoms with van der Waals surface area (Å²) in [4.78, 5) is 28.6. The second-order valence-corrected chi connectivity index (χ2v) is 8.82. The van der Waals surface area contributed by atoms with Crippen LogP contribution in [-0.4, -0.2) is 21.8 Å². The summed E-state index contributed by atoms with van der Waals surface area (Å²) >= 11 is 2.86. The molecule has 0 radical (unpaired) electrons. The van der Waals surface area contributed by atoms with Crippen molar-refractivity contribution in [3.63, 3.8) is 0 Å². The number of unbranched alkanes of at least 4 members (excludes halogenated alkanes) is 3. The van der Waals surface area contributed by atoms with Crippen LogP contribution in [-0.2, 0) is 9.59 Å². The summed E-state index contributed by atoms with van der Waals surface area (Å²) in [5.74, 6) is 0.858. The van der Waals surface area contributed by atoms with Crippen LogP contribution in [0, 0.1) is 0 Å². The zero-order valence-electron chi connectivity index (χ0n) is 16.4. The fraction of sp³-hybridized carbons (Fsp3) is 0.348. The van der Waals surface area contributed by atoms with Gasteiger partial charge >= 0.3 is 0 Å². The molecule has 29 heavy (non-hydrogen) atoms. The second-order valence-electron chi connectivity index (χ2n) is 6.89. The normalized spacial score (nSPS) is 13.2. The van der Waals surface area contributed by atoms with E-state index >= 15 is 0 Å². The minimum absolute atomic E-state index is 0. The second kappa shape index (κ2) is 11.7. The number of nitrogens with one attached hydrogen (secondary N) is 1. The highest BCUT2D eigenvalue weighted by Crippen LogP contribution is 2.25. The third kappa shape index (κ3) is 7.29. The lowest BCUT2D eigenvalue weighted by molar-refractivity contribution is -0.116. The molecule has 0 saturated carbocycles. The Morgan fingerprint density at radius 1 is 1.10 bits per heavy atom. The number of carbonyl (C=O) groups is 2. The van der Waals surface area contributed by atoms with E-state index in [1.807, 2.05) is 47.9 Å². The Bertz CT molecular complexity index is 878. The summed E-state index contributed by atoms with van der Waals surface area (Å²) in [6.45, 7) is 0. The van der Waals surface area contributed by atoms with Crippen LogP contribution in [0.1, 0.15) is 46.4 Å². The Hall–Kier alpha value is -2.18. The third-order valence-corrected chi connectivity index (χ3v) is 6.33. The number of allylic oxidation sites excluding steroid dienone is 3. The minimum Gasteiger partial charge on any atom is -0.302 e. The van der Waals surface area contributed by atoms with E-state index in [4.69, 9.17) is 0 Å². The smallest absolute Gasteiger partial charge is 0.226 e. The highest BCUT2D eigenvalue weighted by atomic mass is 32.2. The van der Waals surface area contributed by atoms with E-state index in [1.54, 1.807) is 0 Å². The van der Waals surface area contributed by atoms with Crippen molar-refractivity contribution in [2.45, 2.75) is 44.9 Å². The van der Waals surface area contributed by atoms with E-state index in [9.17, 15) is 9.59 Å². The fourth-order valence-electron chi connectivity index (χ4n) is 3.01. The van der Waals surface area contributed by atoms with Gasteiger partial charge < -0.3 is 5.32 Å². The first-order chi connectivity index (χ1) is 14.2. The minimum atomic E-state index is 0. The molecule has 0 bridgehead atoms. The summed E-state index contributed by atoms with van der Waals surface area (Å²) in [5, 5.41) is 5.68. The highest BCUT2D eigenvalue weighted by molar-refractivity contribution is 8.14. The number of hydrogen-bond donors (Lipinski definition) is 1.